The Morgan fingerprint density at radius 1 is 1.03 bits per heavy atom. The van der Waals surface area contributed by atoms with Crippen LogP contribution in [0.4, 0.5) is 5.69 Å². The number of aryl methyl sites for hydroxylation is 1. The van der Waals surface area contributed by atoms with Crippen LogP contribution in [0, 0.1) is 6.92 Å². The van der Waals surface area contributed by atoms with E-state index >= 15 is 0 Å². The zero-order valence-electron chi connectivity index (χ0n) is 21.5. The summed E-state index contributed by atoms with van der Waals surface area (Å²) in [7, 11) is -4.12. The van der Waals surface area contributed by atoms with Crippen molar-refractivity contribution in [3.8, 4) is 0 Å². The molecule has 0 saturated heterocycles. The summed E-state index contributed by atoms with van der Waals surface area (Å²) in [5.74, 6) is -0.829. The van der Waals surface area contributed by atoms with Crippen LogP contribution in [0.25, 0.3) is 0 Å². The normalized spacial score (nSPS) is 12.0. The number of nitrogens with zero attached hydrogens (tertiary/aromatic N) is 2. The van der Waals surface area contributed by atoms with Crippen LogP contribution in [0.3, 0.4) is 0 Å². The fourth-order valence-corrected chi connectivity index (χ4v) is 5.77. The Balaban J connectivity index is 2.01. The lowest BCUT2D eigenvalue weighted by Crippen LogP contribution is -2.51. The SMILES string of the molecule is CCCNC(=O)C(C)N(Cc1cccc(Br)c1)C(=O)CN(c1ccc(Cl)cc1)S(=O)(=O)c1ccc(C)cc1. The van der Waals surface area contributed by atoms with Crippen LogP contribution in [0.5, 0.6) is 0 Å². The Hall–Kier alpha value is -2.88. The maximum absolute atomic E-state index is 13.8. The minimum absolute atomic E-state index is 0.0538. The molecule has 0 aliphatic rings. The van der Waals surface area contributed by atoms with Crippen molar-refractivity contribution < 1.29 is 18.0 Å². The van der Waals surface area contributed by atoms with E-state index in [-0.39, 0.29) is 23.0 Å². The highest BCUT2D eigenvalue weighted by Crippen LogP contribution is 2.26. The standard InChI is InChI=1S/C28H31BrClN3O4S/c1-4-16-31-28(35)21(3)32(18-22-6-5-7-23(29)17-22)27(34)19-33(25-12-10-24(30)11-13-25)38(36,37)26-14-8-20(2)9-15-26/h5-15,17,21H,4,16,18-19H2,1-3H3,(H,31,35). The number of hydrogen-bond donors (Lipinski definition) is 1. The van der Waals surface area contributed by atoms with E-state index in [4.69, 9.17) is 11.6 Å². The summed E-state index contributed by atoms with van der Waals surface area (Å²) in [6.07, 6.45) is 0.747. The van der Waals surface area contributed by atoms with Crippen molar-refractivity contribution in [3.05, 3.63) is 93.4 Å². The number of anilines is 1. The molecule has 7 nitrogen and oxygen atoms in total. The van der Waals surface area contributed by atoms with E-state index in [1.54, 1.807) is 43.3 Å². The molecule has 3 aromatic rings. The third-order valence-electron chi connectivity index (χ3n) is 5.96. The molecule has 38 heavy (non-hydrogen) atoms. The first-order chi connectivity index (χ1) is 18.0. The van der Waals surface area contributed by atoms with E-state index in [1.165, 1.54) is 17.0 Å². The Labute approximate surface area is 238 Å². The number of benzene rings is 3. The van der Waals surface area contributed by atoms with E-state index in [2.05, 4.69) is 21.2 Å². The second kappa shape index (κ2) is 13.3. The largest absolute Gasteiger partial charge is 0.354 e. The molecule has 202 valence electrons. The lowest BCUT2D eigenvalue weighted by atomic mass is 10.1. The quantitative estimate of drug-likeness (QED) is 0.305. The van der Waals surface area contributed by atoms with Crippen molar-refractivity contribution in [1.29, 1.82) is 0 Å². The number of hydrogen-bond acceptors (Lipinski definition) is 4. The Kier molecular flexibility index (Phi) is 10.4. The van der Waals surface area contributed by atoms with Crippen molar-refractivity contribution in [3.63, 3.8) is 0 Å². The molecule has 0 aliphatic heterocycles. The highest BCUT2D eigenvalue weighted by Gasteiger charge is 2.32. The van der Waals surface area contributed by atoms with Gasteiger partial charge in [0.25, 0.3) is 10.0 Å². The minimum Gasteiger partial charge on any atom is -0.354 e. The first-order valence-electron chi connectivity index (χ1n) is 12.2. The zero-order chi connectivity index (χ0) is 27.9. The van der Waals surface area contributed by atoms with Crippen molar-refractivity contribution in [2.75, 3.05) is 17.4 Å². The van der Waals surface area contributed by atoms with Gasteiger partial charge in [0, 0.05) is 22.6 Å². The van der Waals surface area contributed by atoms with Crippen LogP contribution in [-0.2, 0) is 26.2 Å². The van der Waals surface area contributed by atoms with Crippen LogP contribution in [-0.4, -0.2) is 44.3 Å². The second-order valence-corrected chi connectivity index (χ2v) is 12.1. The van der Waals surface area contributed by atoms with E-state index < -0.39 is 28.5 Å². The van der Waals surface area contributed by atoms with Gasteiger partial charge in [-0.2, -0.15) is 0 Å². The molecule has 3 rings (SSSR count). The monoisotopic (exact) mass is 619 g/mol. The summed E-state index contributed by atoms with van der Waals surface area (Å²) in [6, 6.07) is 19.3. The molecule has 0 heterocycles. The summed E-state index contributed by atoms with van der Waals surface area (Å²) >= 11 is 9.49. The third-order valence-corrected chi connectivity index (χ3v) is 8.49. The highest BCUT2D eigenvalue weighted by atomic mass is 79.9. The topological polar surface area (TPSA) is 86.8 Å². The van der Waals surface area contributed by atoms with Crippen LogP contribution >= 0.6 is 27.5 Å². The summed E-state index contributed by atoms with van der Waals surface area (Å²) < 4.78 is 29.4. The maximum atomic E-state index is 13.8. The van der Waals surface area contributed by atoms with Gasteiger partial charge in [-0.3, -0.25) is 13.9 Å². The molecular weight excluding hydrogens is 590 g/mol. The molecular formula is C28H31BrClN3O4S. The first kappa shape index (κ1) is 29.7. The molecule has 0 fully saturated rings. The number of nitrogens with one attached hydrogen (secondary N) is 1. The van der Waals surface area contributed by atoms with E-state index in [0.29, 0.717) is 11.6 Å². The predicted molar refractivity (Wildman–Crippen MR) is 155 cm³/mol. The molecule has 1 N–H and O–H groups in total. The Morgan fingerprint density at radius 2 is 1.68 bits per heavy atom. The van der Waals surface area contributed by atoms with Gasteiger partial charge in [-0.05, 0) is 74.4 Å². The highest BCUT2D eigenvalue weighted by molar-refractivity contribution is 9.10. The van der Waals surface area contributed by atoms with E-state index in [0.717, 1.165) is 26.3 Å². The average molecular weight is 621 g/mol. The molecule has 2 amide bonds. The molecule has 0 radical (unpaired) electrons. The Bertz CT molecular complexity index is 1370. The third kappa shape index (κ3) is 7.58. The van der Waals surface area contributed by atoms with Crippen molar-refractivity contribution in [2.45, 2.75) is 44.7 Å². The maximum Gasteiger partial charge on any atom is 0.264 e. The molecule has 0 saturated carbocycles. The van der Waals surface area contributed by atoms with Gasteiger partial charge in [-0.15, -0.1) is 0 Å². The van der Waals surface area contributed by atoms with Gasteiger partial charge < -0.3 is 10.2 Å². The van der Waals surface area contributed by atoms with Crippen LogP contribution in [0.1, 0.15) is 31.4 Å². The molecule has 10 heteroatoms. The lowest BCUT2D eigenvalue weighted by Gasteiger charge is -2.32. The molecule has 0 aliphatic carbocycles. The van der Waals surface area contributed by atoms with Gasteiger partial charge in [0.2, 0.25) is 11.8 Å². The van der Waals surface area contributed by atoms with Crippen molar-refractivity contribution >= 4 is 55.1 Å². The van der Waals surface area contributed by atoms with Gasteiger partial charge in [0.15, 0.2) is 0 Å². The van der Waals surface area contributed by atoms with Crippen LogP contribution < -0.4 is 9.62 Å². The number of amides is 2. The van der Waals surface area contributed by atoms with E-state index in [1.807, 2.05) is 38.1 Å². The summed E-state index contributed by atoms with van der Waals surface area (Å²) in [5.41, 5.74) is 1.99. The first-order valence-corrected chi connectivity index (χ1v) is 14.8. The molecule has 1 atom stereocenters. The fraction of sp³-hybridized carbons (Fsp3) is 0.286. The van der Waals surface area contributed by atoms with Crippen LogP contribution in [0.2, 0.25) is 5.02 Å². The number of sulfonamides is 1. The molecule has 0 bridgehead atoms. The summed E-state index contributed by atoms with van der Waals surface area (Å²) in [6.45, 7) is 5.54. The molecule has 3 aromatic carbocycles. The van der Waals surface area contributed by atoms with Gasteiger partial charge in [0.1, 0.15) is 12.6 Å². The number of rotatable bonds is 11. The zero-order valence-corrected chi connectivity index (χ0v) is 24.7. The van der Waals surface area contributed by atoms with Crippen molar-refractivity contribution in [1.82, 2.24) is 10.2 Å². The predicted octanol–water partition coefficient (Wildman–Crippen LogP) is 5.55. The lowest BCUT2D eigenvalue weighted by molar-refractivity contribution is -0.139. The summed E-state index contributed by atoms with van der Waals surface area (Å²) in [5, 5.41) is 3.26. The summed E-state index contributed by atoms with van der Waals surface area (Å²) in [4.78, 5) is 28.2. The number of halogens is 2. The average Bonchev–Trinajstić information content (AvgIpc) is 2.89. The Morgan fingerprint density at radius 3 is 2.29 bits per heavy atom. The number of carbonyl (C=O) groups is 2. The fourth-order valence-electron chi connectivity index (χ4n) is 3.78. The van der Waals surface area contributed by atoms with Gasteiger partial charge in [-0.25, -0.2) is 8.42 Å². The molecule has 0 spiro atoms. The van der Waals surface area contributed by atoms with Crippen molar-refractivity contribution in [2.24, 2.45) is 0 Å². The van der Waals surface area contributed by atoms with Gasteiger partial charge in [-0.1, -0.05) is 64.3 Å². The van der Waals surface area contributed by atoms with Gasteiger partial charge >= 0.3 is 0 Å². The smallest absolute Gasteiger partial charge is 0.264 e. The van der Waals surface area contributed by atoms with E-state index in [9.17, 15) is 18.0 Å². The van der Waals surface area contributed by atoms with Gasteiger partial charge in [0.05, 0.1) is 10.6 Å². The number of carbonyl (C=O) groups excluding carboxylic acids is 2. The minimum atomic E-state index is -4.12. The molecule has 1 unspecified atom stereocenters. The van der Waals surface area contributed by atoms with Crippen LogP contribution in [0.15, 0.2) is 82.2 Å². The second-order valence-electron chi connectivity index (χ2n) is 8.92. The molecule has 0 aromatic heterocycles.